The van der Waals surface area contributed by atoms with Gasteiger partial charge in [0.1, 0.15) is 6.54 Å². The summed E-state index contributed by atoms with van der Waals surface area (Å²) in [7, 11) is 1.91. The summed E-state index contributed by atoms with van der Waals surface area (Å²) in [5, 5.41) is 2.77. The number of hydrogen-bond acceptors (Lipinski definition) is 2. The number of rotatable bonds is 4. The number of guanidine groups is 1. The molecule has 102 valence electrons. The normalized spacial score (nSPS) is 15.2. The maximum Gasteiger partial charge on any atom is 0.246 e. The molecule has 0 saturated heterocycles. The Morgan fingerprint density at radius 1 is 1.58 bits per heavy atom. The minimum atomic E-state index is -0.176. The van der Waals surface area contributed by atoms with Crippen LogP contribution in [0.4, 0.5) is 5.69 Å². The zero-order valence-corrected chi connectivity index (χ0v) is 12.4. The fourth-order valence-corrected chi connectivity index (χ4v) is 2.08. The van der Waals surface area contributed by atoms with Crippen molar-refractivity contribution in [2.45, 2.75) is 18.9 Å². The monoisotopic (exact) mass is 324 g/mol. The SMILES string of the molecule is CN(C(N)=NCC(=O)Nc1cccc(Br)c1)C1CC1. The number of aliphatic imine (C=N–C) groups is 1. The van der Waals surface area contributed by atoms with E-state index >= 15 is 0 Å². The molecule has 5 nitrogen and oxygen atoms in total. The standard InChI is InChI=1S/C13H17BrN4O/c1-18(11-5-6-11)13(15)16-8-12(19)17-10-4-2-3-9(14)7-10/h2-4,7,11H,5-6,8H2,1H3,(H2,15,16)(H,17,19). The zero-order valence-electron chi connectivity index (χ0n) is 10.8. The van der Waals surface area contributed by atoms with Crippen LogP contribution in [0.3, 0.4) is 0 Å². The van der Waals surface area contributed by atoms with E-state index in [4.69, 9.17) is 5.73 Å². The van der Waals surface area contributed by atoms with Crippen LogP contribution in [0.25, 0.3) is 0 Å². The molecule has 0 spiro atoms. The number of nitrogens with zero attached hydrogens (tertiary/aromatic N) is 2. The minimum Gasteiger partial charge on any atom is -0.370 e. The Bertz CT molecular complexity index is 499. The van der Waals surface area contributed by atoms with E-state index in [2.05, 4.69) is 26.2 Å². The highest BCUT2D eigenvalue weighted by Crippen LogP contribution is 2.24. The number of anilines is 1. The van der Waals surface area contributed by atoms with Crippen LogP contribution in [0.1, 0.15) is 12.8 Å². The molecule has 0 aromatic heterocycles. The first-order valence-electron chi connectivity index (χ1n) is 6.14. The summed E-state index contributed by atoms with van der Waals surface area (Å²) in [5.41, 5.74) is 6.55. The maximum absolute atomic E-state index is 11.7. The largest absolute Gasteiger partial charge is 0.370 e. The molecule has 1 fully saturated rings. The van der Waals surface area contributed by atoms with Crippen LogP contribution >= 0.6 is 15.9 Å². The molecule has 3 N–H and O–H groups in total. The van der Waals surface area contributed by atoms with E-state index in [1.807, 2.05) is 36.2 Å². The average Bonchev–Trinajstić information content (AvgIpc) is 3.19. The van der Waals surface area contributed by atoms with E-state index in [9.17, 15) is 4.79 Å². The summed E-state index contributed by atoms with van der Waals surface area (Å²) in [6.45, 7) is 0.0371. The van der Waals surface area contributed by atoms with E-state index in [1.54, 1.807) is 0 Å². The Kier molecular flexibility index (Phi) is 4.42. The number of nitrogens with one attached hydrogen (secondary N) is 1. The second-order valence-corrected chi connectivity index (χ2v) is 5.49. The van der Waals surface area contributed by atoms with Crippen molar-refractivity contribution in [3.8, 4) is 0 Å². The first-order valence-corrected chi connectivity index (χ1v) is 6.94. The summed E-state index contributed by atoms with van der Waals surface area (Å²) in [6.07, 6.45) is 2.30. The molecule has 1 aliphatic rings. The molecule has 1 aromatic rings. The Morgan fingerprint density at radius 3 is 2.95 bits per heavy atom. The summed E-state index contributed by atoms with van der Waals surface area (Å²) in [4.78, 5) is 17.8. The second kappa shape index (κ2) is 6.06. The van der Waals surface area contributed by atoms with Gasteiger partial charge in [0.15, 0.2) is 5.96 Å². The number of halogens is 1. The number of amides is 1. The van der Waals surface area contributed by atoms with E-state index in [0.29, 0.717) is 12.0 Å². The second-order valence-electron chi connectivity index (χ2n) is 4.58. The van der Waals surface area contributed by atoms with E-state index in [0.717, 1.165) is 23.0 Å². The molecule has 1 aromatic carbocycles. The lowest BCUT2D eigenvalue weighted by Gasteiger charge is -2.16. The van der Waals surface area contributed by atoms with Gasteiger partial charge in [0, 0.05) is 23.2 Å². The van der Waals surface area contributed by atoms with E-state index in [1.165, 1.54) is 0 Å². The van der Waals surface area contributed by atoms with Crippen LogP contribution in [0.5, 0.6) is 0 Å². The molecule has 2 rings (SSSR count). The number of carbonyl (C=O) groups excluding carboxylic acids is 1. The van der Waals surface area contributed by atoms with Crippen molar-refractivity contribution in [3.63, 3.8) is 0 Å². The third-order valence-electron chi connectivity index (χ3n) is 2.95. The lowest BCUT2D eigenvalue weighted by atomic mass is 10.3. The van der Waals surface area contributed by atoms with Gasteiger partial charge in [0.25, 0.3) is 0 Å². The molecule has 1 aliphatic carbocycles. The Hall–Kier alpha value is -1.56. The molecule has 0 bridgehead atoms. The van der Waals surface area contributed by atoms with Crippen molar-refractivity contribution in [1.82, 2.24) is 4.90 Å². The molecule has 0 aliphatic heterocycles. The van der Waals surface area contributed by atoms with Crippen molar-refractivity contribution in [2.75, 3.05) is 18.9 Å². The summed E-state index contributed by atoms with van der Waals surface area (Å²) >= 11 is 3.35. The van der Waals surface area contributed by atoms with Gasteiger partial charge in [-0.1, -0.05) is 22.0 Å². The van der Waals surface area contributed by atoms with E-state index < -0.39 is 0 Å². The predicted octanol–water partition coefficient (Wildman–Crippen LogP) is 1.80. The summed E-state index contributed by atoms with van der Waals surface area (Å²) in [5.74, 6) is 0.247. The lowest BCUT2D eigenvalue weighted by molar-refractivity contribution is -0.114. The lowest BCUT2D eigenvalue weighted by Crippen LogP contribution is -2.36. The predicted molar refractivity (Wildman–Crippen MR) is 80.0 cm³/mol. The van der Waals surface area contributed by atoms with Crippen LogP contribution < -0.4 is 11.1 Å². The van der Waals surface area contributed by atoms with Gasteiger partial charge >= 0.3 is 0 Å². The Balaban J connectivity index is 1.85. The quantitative estimate of drug-likeness (QED) is 0.655. The average molecular weight is 325 g/mol. The van der Waals surface area contributed by atoms with Gasteiger partial charge in [-0.15, -0.1) is 0 Å². The zero-order chi connectivity index (χ0) is 13.8. The molecule has 1 amide bonds. The maximum atomic E-state index is 11.7. The molecular formula is C13H17BrN4O. The Labute approximate surface area is 121 Å². The molecule has 0 heterocycles. The molecule has 6 heteroatoms. The molecule has 1 saturated carbocycles. The van der Waals surface area contributed by atoms with Gasteiger partial charge in [-0.2, -0.15) is 0 Å². The third kappa shape index (κ3) is 4.24. The van der Waals surface area contributed by atoms with Gasteiger partial charge in [0.2, 0.25) is 5.91 Å². The smallest absolute Gasteiger partial charge is 0.246 e. The number of hydrogen-bond donors (Lipinski definition) is 2. The van der Waals surface area contributed by atoms with Crippen LogP contribution in [-0.2, 0) is 4.79 Å². The van der Waals surface area contributed by atoms with Crippen LogP contribution in [-0.4, -0.2) is 36.4 Å². The van der Waals surface area contributed by atoms with Crippen LogP contribution in [0, 0.1) is 0 Å². The Morgan fingerprint density at radius 2 is 2.32 bits per heavy atom. The highest BCUT2D eigenvalue weighted by atomic mass is 79.9. The first-order chi connectivity index (χ1) is 9.06. The molecule has 0 radical (unpaired) electrons. The third-order valence-corrected chi connectivity index (χ3v) is 3.44. The first kappa shape index (κ1) is 13.9. The van der Waals surface area contributed by atoms with Crippen molar-refractivity contribution < 1.29 is 4.79 Å². The molecule has 0 unspecified atom stereocenters. The van der Waals surface area contributed by atoms with Gasteiger partial charge in [-0.05, 0) is 31.0 Å². The summed E-state index contributed by atoms with van der Waals surface area (Å²) in [6, 6.07) is 7.92. The fraction of sp³-hybridized carbons (Fsp3) is 0.385. The highest BCUT2D eigenvalue weighted by Gasteiger charge is 2.27. The van der Waals surface area contributed by atoms with Crippen molar-refractivity contribution in [1.29, 1.82) is 0 Å². The van der Waals surface area contributed by atoms with Crippen molar-refractivity contribution >= 4 is 33.5 Å². The number of carbonyl (C=O) groups is 1. The molecule has 0 atom stereocenters. The summed E-state index contributed by atoms with van der Waals surface area (Å²) < 4.78 is 0.918. The van der Waals surface area contributed by atoms with Crippen LogP contribution in [0.15, 0.2) is 33.7 Å². The van der Waals surface area contributed by atoms with Gasteiger partial charge in [-0.3, -0.25) is 4.79 Å². The topological polar surface area (TPSA) is 70.7 Å². The number of nitrogens with two attached hydrogens (primary N) is 1. The molecule has 19 heavy (non-hydrogen) atoms. The van der Waals surface area contributed by atoms with Crippen molar-refractivity contribution in [2.24, 2.45) is 10.7 Å². The highest BCUT2D eigenvalue weighted by molar-refractivity contribution is 9.10. The minimum absolute atomic E-state index is 0.0371. The fourth-order valence-electron chi connectivity index (χ4n) is 1.68. The number of benzene rings is 1. The van der Waals surface area contributed by atoms with E-state index in [-0.39, 0.29) is 12.5 Å². The van der Waals surface area contributed by atoms with Gasteiger partial charge < -0.3 is 16.0 Å². The molecular weight excluding hydrogens is 308 g/mol. The van der Waals surface area contributed by atoms with Crippen molar-refractivity contribution in [3.05, 3.63) is 28.7 Å². The van der Waals surface area contributed by atoms with Crippen LogP contribution in [0.2, 0.25) is 0 Å². The van der Waals surface area contributed by atoms with Gasteiger partial charge in [-0.25, -0.2) is 4.99 Å². The van der Waals surface area contributed by atoms with Gasteiger partial charge in [0.05, 0.1) is 0 Å².